The van der Waals surface area contributed by atoms with Gasteiger partial charge in [-0.25, -0.2) is 0 Å². The summed E-state index contributed by atoms with van der Waals surface area (Å²) >= 11 is 0. The van der Waals surface area contributed by atoms with Gasteiger partial charge in [0.1, 0.15) is 6.10 Å². The molecular formula is C10H22O3. The first-order valence-electron chi connectivity index (χ1n) is 5.13. The number of hydrogen-bond acceptors (Lipinski definition) is 3. The molecule has 0 saturated carbocycles. The minimum Gasteiger partial charge on any atom is -0.391 e. The first-order valence-corrected chi connectivity index (χ1v) is 5.13. The Morgan fingerprint density at radius 2 is 1.62 bits per heavy atom. The molecule has 3 nitrogen and oxygen atoms in total. The lowest BCUT2D eigenvalue weighted by atomic mass is 10.0. The normalized spacial score (nSPS) is 18.2. The van der Waals surface area contributed by atoms with Crippen molar-refractivity contribution in [1.82, 2.24) is 0 Å². The maximum atomic E-state index is 9.38. The Bertz CT molecular complexity index is 115. The highest BCUT2D eigenvalue weighted by Gasteiger charge is 2.20. The van der Waals surface area contributed by atoms with Crippen LogP contribution in [0.5, 0.6) is 0 Å². The van der Waals surface area contributed by atoms with E-state index < -0.39 is 18.3 Å². The van der Waals surface area contributed by atoms with Crippen LogP contribution in [0.1, 0.15) is 46.0 Å². The molecule has 0 rings (SSSR count). The monoisotopic (exact) mass is 190 g/mol. The van der Waals surface area contributed by atoms with Crippen molar-refractivity contribution < 1.29 is 15.3 Å². The van der Waals surface area contributed by atoms with E-state index in [4.69, 9.17) is 5.11 Å². The Morgan fingerprint density at radius 1 is 1.00 bits per heavy atom. The van der Waals surface area contributed by atoms with E-state index in [1.54, 1.807) is 0 Å². The number of aliphatic hydroxyl groups excluding tert-OH is 3. The number of aliphatic hydroxyl groups is 3. The van der Waals surface area contributed by atoms with Crippen LogP contribution in [0.25, 0.3) is 0 Å². The number of hydrogen-bond donors (Lipinski definition) is 3. The van der Waals surface area contributed by atoms with E-state index in [2.05, 4.69) is 6.92 Å². The van der Waals surface area contributed by atoms with Gasteiger partial charge in [-0.15, -0.1) is 0 Å². The molecule has 0 heterocycles. The summed E-state index contributed by atoms with van der Waals surface area (Å²) in [7, 11) is 0. The van der Waals surface area contributed by atoms with Crippen molar-refractivity contribution in [2.75, 3.05) is 0 Å². The molecule has 3 heteroatoms. The molecule has 0 fully saturated rings. The lowest BCUT2D eigenvalue weighted by Gasteiger charge is -2.19. The van der Waals surface area contributed by atoms with E-state index >= 15 is 0 Å². The van der Waals surface area contributed by atoms with Crippen molar-refractivity contribution in [3.05, 3.63) is 0 Å². The average Bonchev–Trinajstić information content (AvgIpc) is 2.10. The van der Waals surface area contributed by atoms with Crippen molar-refractivity contribution in [3.8, 4) is 0 Å². The second-order valence-electron chi connectivity index (χ2n) is 3.65. The summed E-state index contributed by atoms with van der Waals surface area (Å²) in [6.45, 7) is 3.61. The van der Waals surface area contributed by atoms with Gasteiger partial charge < -0.3 is 15.3 Å². The zero-order valence-corrected chi connectivity index (χ0v) is 8.61. The quantitative estimate of drug-likeness (QED) is 0.526. The third-order valence-electron chi connectivity index (χ3n) is 2.24. The third kappa shape index (κ3) is 6.02. The molecule has 3 atom stereocenters. The summed E-state index contributed by atoms with van der Waals surface area (Å²) in [5.74, 6) is 0. The van der Waals surface area contributed by atoms with E-state index in [0.717, 1.165) is 25.7 Å². The molecule has 0 aliphatic heterocycles. The van der Waals surface area contributed by atoms with Crippen LogP contribution in [0.4, 0.5) is 0 Å². The molecule has 0 aromatic heterocycles. The van der Waals surface area contributed by atoms with Crippen molar-refractivity contribution in [1.29, 1.82) is 0 Å². The summed E-state index contributed by atoms with van der Waals surface area (Å²) in [6, 6.07) is 0. The van der Waals surface area contributed by atoms with Gasteiger partial charge in [0.25, 0.3) is 0 Å². The molecule has 0 spiro atoms. The minimum absolute atomic E-state index is 0.575. The Labute approximate surface area is 80.4 Å². The van der Waals surface area contributed by atoms with E-state index in [0.29, 0.717) is 6.42 Å². The second-order valence-corrected chi connectivity index (χ2v) is 3.65. The minimum atomic E-state index is -0.998. The summed E-state index contributed by atoms with van der Waals surface area (Å²) in [5, 5.41) is 27.6. The van der Waals surface area contributed by atoms with E-state index in [1.807, 2.05) is 0 Å². The van der Waals surface area contributed by atoms with Gasteiger partial charge in [-0.1, -0.05) is 32.6 Å². The van der Waals surface area contributed by atoms with Crippen LogP contribution in [-0.2, 0) is 0 Å². The predicted octanol–water partition coefficient (Wildman–Crippen LogP) is 1.06. The molecule has 3 N–H and O–H groups in total. The van der Waals surface area contributed by atoms with E-state index in [-0.39, 0.29) is 0 Å². The molecule has 0 aromatic carbocycles. The molecule has 3 unspecified atom stereocenters. The Hall–Kier alpha value is -0.120. The van der Waals surface area contributed by atoms with E-state index in [9.17, 15) is 10.2 Å². The van der Waals surface area contributed by atoms with E-state index in [1.165, 1.54) is 6.92 Å². The van der Waals surface area contributed by atoms with Crippen LogP contribution >= 0.6 is 0 Å². The fourth-order valence-electron chi connectivity index (χ4n) is 1.27. The highest BCUT2D eigenvalue weighted by atomic mass is 16.4. The standard InChI is InChI=1S/C10H22O3/c1-3-4-5-6-7-9(12)10(13)8(2)11/h8-13H,3-7H2,1-2H3. The first kappa shape index (κ1) is 12.9. The predicted molar refractivity (Wildman–Crippen MR) is 52.5 cm³/mol. The first-order chi connectivity index (χ1) is 6.09. The fraction of sp³-hybridized carbons (Fsp3) is 1.00. The zero-order valence-electron chi connectivity index (χ0n) is 8.61. The van der Waals surface area contributed by atoms with Gasteiger partial charge in [0.15, 0.2) is 0 Å². The Balaban J connectivity index is 3.44. The molecule has 13 heavy (non-hydrogen) atoms. The second kappa shape index (κ2) is 7.30. The molecule has 0 amide bonds. The summed E-state index contributed by atoms with van der Waals surface area (Å²) in [6.07, 6.45) is 2.27. The lowest BCUT2D eigenvalue weighted by Crippen LogP contribution is -2.35. The topological polar surface area (TPSA) is 60.7 Å². The van der Waals surface area contributed by atoms with Gasteiger partial charge in [-0.2, -0.15) is 0 Å². The van der Waals surface area contributed by atoms with Gasteiger partial charge in [0.05, 0.1) is 12.2 Å². The fourth-order valence-corrected chi connectivity index (χ4v) is 1.27. The molecule has 0 aliphatic rings. The highest BCUT2D eigenvalue weighted by Crippen LogP contribution is 2.10. The van der Waals surface area contributed by atoms with Crippen molar-refractivity contribution in [3.63, 3.8) is 0 Å². The molecule has 0 saturated heterocycles. The van der Waals surface area contributed by atoms with Gasteiger partial charge >= 0.3 is 0 Å². The third-order valence-corrected chi connectivity index (χ3v) is 2.24. The largest absolute Gasteiger partial charge is 0.391 e. The Morgan fingerprint density at radius 3 is 2.08 bits per heavy atom. The number of unbranched alkanes of at least 4 members (excludes halogenated alkanes) is 3. The molecule has 0 aliphatic carbocycles. The maximum Gasteiger partial charge on any atom is 0.105 e. The van der Waals surface area contributed by atoms with Gasteiger partial charge in [-0.3, -0.25) is 0 Å². The van der Waals surface area contributed by atoms with Crippen LogP contribution in [0.2, 0.25) is 0 Å². The Kier molecular flexibility index (Phi) is 7.23. The number of rotatable bonds is 7. The maximum absolute atomic E-state index is 9.38. The summed E-state index contributed by atoms with van der Waals surface area (Å²) in [5.41, 5.74) is 0. The van der Waals surface area contributed by atoms with Crippen LogP contribution in [-0.4, -0.2) is 33.6 Å². The average molecular weight is 190 g/mol. The summed E-state index contributed by atoms with van der Waals surface area (Å²) in [4.78, 5) is 0. The van der Waals surface area contributed by atoms with Gasteiger partial charge in [-0.05, 0) is 13.3 Å². The van der Waals surface area contributed by atoms with Gasteiger partial charge in [0.2, 0.25) is 0 Å². The molecule has 0 bridgehead atoms. The smallest absolute Gasteiger partial charge is 0.105 e. The molecule has 0 aromatic rings. The van der Waals surface area contributed by atoms with Crippen LogP contribution in [0, 0.1) is 0 Å². The highest BCUT2D eigenvalue weighted by molar-refractivity contribution is 4.71. The summed E-state index contributed by atoms with van der Waals surface area (Å²) < 4.78 is 0. The van der Waals surface area contributed by atoms with Crippen LogP contribution in [0.3, 0.4) is 0 Å². The van der Waals surface area contributed by atoms with Crippen LogP contribution in [0.15, 0.2) is 0 Å². The molecule has 0 radical (unpaired) electrons. The van der Waals surface area contributed by atoms with Crippen molar-refractivity contribution in [2.45, 2.75) is 64.3 Å². The molecular weight excluding hydrogens is 168 g/mol. The van der Waals surface area contributed by atoms with Crippen molar-refractivity contribution in [2.24, 2.45) is 0 Å². The van der Waals surface area contributed by atoms with Crippen molar-refractivity contribution >= 4 is 0 Å². The van der Waals surface area contributed by atoms with Gasteiger partial charge in [0, 0.05) is 0 Å². The van der Waals surface area contributed by atoms with Crippen LogP contribution < -0.4 is 0 Å². The zero-order chi connectivity index (χ0) is 10.3. The SMILES string of the molecule is CCCCCCC(O)C(O)C(C)O. The lowest BCUT2D eigenvalue weighted by molar-refractivity contribution is -0.0550. The molecule has 80 valence electrons.